The van der Waals surface area contributed by atoms with Crippen molar-refractivity contribution in [3.8, 4) is 17.0 Å². The van der Waals surface area contributed by atoms with Crippen LogP contribution in [0.25, 0.3) is 21.3 Å². The van der Waals surface area contributed by atoms with Crippen LogP contribution in [0, 0.1) is 5.82 Å². The van der Waals surface area contributed by atoms with Gasteiger partial charge in [-0.25, -0.2) is 14.4 Å². The first kappa shape index (κ1) is 11.1. The average Bonchev–Trinajstić information content (AvgIpc) is 2.83. The van der Waals surface area contributed by atoms with Gasteiger partial charge >= 0.3 is 0 Å². The van der Waals surface area contributed by atoms with Crippen LogP contribution in [-0.2, 0) is 0 Å². The van der Waals surface area contributed by atoms with Gasteiger partial charge in [-0.2, -0.15) is 0 Å². The zero-order valence-electron chi connectivity index (χ0n) is 9.55. The maximum absolute atomic E-state index is 13.8. The van der Waals surface area contributed by atoms with Gasteiger partial charge in [-0.1, -0.05) is 18.2 Å². The summed E-state index contributed by atoms with van der Waals surface area (Å²) in [6, 6.07) is 6.66. The summed E-state index contributed by atoms with van der Waals surface area (Å²) in [4.78, 5) is 8.26. The second-order valence-electron chi connectivity index (χ2n) is 3.69. The van der Waals surface area contributed by atoms with E-state index in [1.807, 2.05) is 5.38 Å². The molecule has 5 heteroatoms. The average molecular weight is 260 g/mol. The Hall–Kier alpha value is -2.01. The van der Waals surface area contributed by atoms with E-state index in [1.165, 1.54) is 23.7 Å². The second kappa shape index (κ2) is 4.34. The molecule has 1 aromatic carbocycles. The molecule has 0 saturated carbocycles. The Morgan fingerprint density at radius 2 is 2.00 bits per heavy atom. The summed E-state index contributed by atoms with van der Waals surface area (Å²) in [5, 5.41) is 1.88. The minimum absolute atomic E-state index is 0.255. The smallest absolute Gasteiger partial charge is 0.234 e. The fourth-order valence-corrected chi connectivity index (χ4v) is 2.83. The van der Waals surface area contributed by atoms with Gasteiger partial charge in [0, 0.05) is 16.5 Å². The van der Waals surface area contributed by atoms with Crippen molar-refractivity contribution < 1.29 is 9.13 Å². The minimum Gasteiger partial charge on any atom is -0.480 e. The number of ether oxygens (including phenoxy) is 1. The third-order valence-electron chi connectivity index (χ3n) is 2.68. The molecule has 0 spiro atoms. The largest absolute Gasteiger partial charge is 0.480 e. The lowest BCUT2D eigenvalue weighted by Crippen LogP contribution is -1.89. The zero-order chi connectivity index (χ0) is 12.5. The van der Waals surface area contributed by atoms with Crippen LogP contribution >= 0.6 is 11.3 Å². The highest BCUT2D eigenvalue weighted by Gasteiger charge is 2.14. The fourth-order valence-electron chi connectivity index (χ4n) is 1.85. The van der Waals surface area contributed by atoms with Crippen LogP contribution in [0.15, 0.2) is 36.0 Å². The van der Waals surface area contributed by atoms with Crippen LogP contribution in [0.5, 0.6) is 5.88 Å². The van der Waals surface area contributed by atoms with E-state index in [9.17, 15) is 4.39 Å². The summed E-state index contributed by atoms with van der Waals surface area (Å²) in [7, 11) is 1.56. The molecule has 3 aromatic rings. The molecule has 0 aliphatic rings. The summed E-state index contributed by atoms with van der Waals surface area (Å²) in [6.45, 7) is 0. The predicted molar refractivity (Wildman–Crippen MR) is 69.4 cm³/mol. The first-order valence-corrected chi connectivity index (χ1v) is 6.20. The Labute approximate surface area is 107 Å². The van der Waals surface area contributed by atoms with Crippen LogP contribution in [0.1, 0.15) is 0 Å². The van der Waals surface area contributed by atoms with Gasteiger partial charge < -0.3 is 4.74 Å². The topological polar surface area (TPSA) is 35.0 Å². The third kappa shape index (κ3) is 1.64. The Balaban J connectivity index is 2.29. The number of halogens is 1. The molecule has 0 bridgehead atoms. The lowest BCUT2D eigenvalue weighted by Gasteiger charge is -2.02. The summed E-state index contributed by atoms with van der Waals surface area (Å²) in [5.74, 6) is 0.266. The van der Waals surface area contributed by atoms with Crippen molar-refractivity contribution in [2.75, 3.05) is 7.11 Å². The molecule has 3 rings (SSSR count). The van der Waals surface area contributed by atoms with Crippen LogP contribution in [0.3, 0.4) is 0 Å². The maximum Gasteiger partial charge on any atom is 0.234 e. The Bertz CT molecular complexity index is 711. The number of benzene rings is 1. The van der Waals surface area contributed by atoms with Gasteiger partial charge in [0.15, 0.2) is 0 Å². The van der Waals surface area contributed by atoms with Gasteiger partial charge in [-0.05, 0) is 6.07 Å². The monoisotopic (exact) mass is 260 g/mol. The Kier molecular flexibility index (Phi) is 2.68. The molecule has 2 heterocycles. The Morgan fingerprint density at radius 3 is 2.78 bits per heavy atom. The van der Waals surface area contributed by atoms with Gasteiger partial charge in [-0.3, -0.25) is 0 Å². The highest BCUT2D eigenvalue weighted by atomic mass is 32.1. The van der Waals surface area contributed by atoms with Crippen molar-refractivity contribution in [1.29, 1.82) is 0 Å². The summed E-state index contributed by atoms with van der Waals surface area (Å²) in [5.41, 5.74) is 2.04. The highest BCUT2D eigenvalue weighted by molar-refractivity contribution is 7.18. The van der Waals surface area contributed by atoms with E-state index < -0.39 is 0 Å². The third-order valence-corrected chi connectivity index (χ3v) is 3.64. The van der Waals surface area contributed by atoms with Gasteiger partial charge in [0.2, 0.25) is 5.88 Å². The molecule has 0 radical (unpaired) electrons. The van der Waals surface area contributed by atoms with Crippen molar-refractivity contribution in [2.24, 2.45) is 0 Å². The molecule has 0 saturated heterocycles. The lowest BCUT2D eigenvalue weighted by molar-refractivity contribution is 0.403. The van der Waals surface area contributed by atoms with E-state index in [0.29, 0.717) is 11.4 Å². The first-order chi connectivity index (χ1) is 8.81. The van der Waals surface area contributed by atoms with E-state index in [1.54, 1.807) is 25.3 Å². The molecule has 0 N–H and O–H groups in total. The predicted octanol–water partition coefficient (Wildman–Crippen LogP) is 3.51. The fraction of sp³-hybridized carbons (Fsp3) is 0.0769. The van der Waals surface area contributed by atoms with Crippen molar-refractivity contribution in [3.05, 3.63) is 41.8 Å². The normalized spacial score (nSPS) is 10.8. The molecular formula is C13H9FN2OS. The summed E-state index contributed by atoms with van der Waals surface area (Å²) >= 11 is 1.45. The summed E-state index contributed by atoms with van der Waals surface area (Å²) in [6.07, 6.45) is 1.43. The molecule has 0 aliphatic carbocycles. The number of hydrogen-bond acceptors (Lipinski definition) is 4. The Morgan fingerprint density at radius 1 is 1.17 bits per heavy atom. The molecule has 3 nitrogen and oxygen atoms in total. The molecular weight excluding hydrogens is 251 g/mol. The molecule has 0 atom stereocenters. The van der Waals surface area contributed by atoms with Crippen LogP contribution in [0.2, 0.25) is 0 Å². The zero-order valence-corrected chi connectivity index (χ0v) is 10.4. The standard InChI is InChI=1S/C13H9FN2OS/c1-17-13-12-11(15-7-16-13)9(6-18-12)8-4-2-3-5-10(8)14/h2-7H,1H3. The molecule has 0 aliphatic heterocycles. The summed E-state index contributed by atoms with van der Waals surface area (Å²) < 4.78 is 19.8. The van der Waals surface area contributed by atoms with Crippen molar-refractivity contribution in [3.63, 3.8) is 0 Å². The number of thiophene rings is 1. The lowest BCUT2D eigenvalue weighted by atomic mass is 10.1. The van der Waals surface area contributed by atoms with E-state index in [2.05, 4.69) is 9.97 Å². The van der Waals surface area contributed by atoms with E-state index in [-0.39, 0.29) is 5.82 Å². The number of hydrogen-bond donors (Lipinski definition) is 0. The second-order valence-corrected chi connectivity index (χ2v) is 4.57. The quantitative estimate of drug-likeness (QED) is 0.707. The number of rotatable bonds is 2. The number of fused-ring (bicyclic) bond motifs is 1. The number of nitrogens with zero attached hydrogens (tertiary/aromatic N) is 2. The van der Waals surface area contributed by atoms with Crippen LogP contribution < -0.4 is 4.74 Å². The van der Waals surface area contributed by atoms with Crippen molar-refractivity contribution in [1.82, 2.24) is 9.97 Å². The van der Waals surface area contributed by atoms with E-state index >= 15 is 0 Å². The van der Waals surface area contributed by atoms with Crippen LogP contribution in [-0.4, -0.2) is 17.1 Å². The SMILES string of the molecule is COc1ncnc2c(-c3ccccc3F)csc12. The van der Waals surface area contributed by atoms with Crippen molar-refractivity contribution >= 4 is 21.6 Å². The van der Waals surface area contributed by atoms with E-state index in [4.69, 9.17) is 4.74 Å². The molecule has 2 aromatic heterocycles. The van der Waals surface area contributed by atoms with Gasteiger partial charge in [0.05, 0.1) is 12.6 Å². The number of aromatic nitrogens is 2. The van der Waals surface area contributed by atoms with Gasteiger partial charge in [0.25, 0.3) is 0 Å². The highest BCUT2D eigenvalue weighted by Crippen LogP contribution is 2.37. The molecule has 90 valence electrons. The van der Waals surface area contributed by atoms with Gasteiger partial charge in [0.1, 0.15) is 16.8 Å². The number of methoxy groups -OCH3 is 1. The van der Waals surface area contributed by atoms with Gasteiger partial charge in [-0.15, -0.1) is 11.3 Å². The minimum atomic E-state index is -0.255. The molecule has 18 heavy (non-hydrogen) atoms. The molecule has 0 amide bonds. The van der Waals surface area contributed by atoms with Crippen molar-refractivity contribution in [2.45, 2.75) is 0 Å². The van der Waals surface area contributed by atoms with Crippen LogP contribution in [0.4, 0.5) is 4.39 Å². The maximum atomic E-state index is 13.8. The first-order valence-electron chi connectivity index (χ1n) is 5.32. The van der Waals surface area contributed by atoms with E-state index in [0.717, 1.165) is 15.8 Å². The molecule has 0 fully saturated rings. The molecule has 0 unspecified atom stereocenters.